The topological polar surface area (TPSA) is 305 Å². The van der Waals surface area contributed by atoms with Crippen LogP contribution in [-0.2, 0) is 0 Å². The zero-order chi connectivity index (χ0) is 38.4. The number of nitrogens with zero attached hydrogens (tertiary/aromatic N) is 8. The molecule has 50 heavy (non-hydrogen) atoms. The summed E-state index contributed by atoms with van der Waals surface area (Å²) in [6.07, 6.45) is 8.75. The third-order valence-electron chi connectivity index (χ3n) is 8.63. The van der Waals surface area contributed by atoms with Crippen molar-refractivity contribution in [2.24, 2.45) is 0 Å². The van der Waals surface area contributed by atoms with Gasteiger partial charge in [-0.15, -0.1) is 0 Å². The lowest BCUT2D eigenvalue weighted by molar-refractivity contribution is -0.962. The molecule has 0 atom stereocenters. The van der Waals surface area contributed by atoms with Crippen molar-refractivity contribution < 1.29 is 48.7 Å². The lowest BCUT2D eigenvalue weighted by atomic mass is 10.1. The van der Waals surface area contributed by atoms with E-state index in [1.165, 1.54) is 86.8 Å². The molecule has 0 unspecified atom stereocenters. The molecule has 2 aromatic rings. The predicted molar refractivity (Wildman–Crippen MR) is 172 cm³/mol. The van der Waals surface area contributed by atoms with Gasteiger partial charge in [-0.05, 0) is 39.5 Å². The van der Waals surface area contributed by atoms with Gasteiger partial charge in [0.1, 0.15) is 13.1 Å². The number of hydrogen-bond acceptors (Lipinski definition) is 14. The predicted octanol–water partition coefficient (Wildman–Crippen LogP) is 4.24. The molecule has 0 spiro atoms. The van der Waals surface area contributed by atoms with Gasteiger partial charge >= 0.3 is 0 Å². The molecule has 1 aliphatic heterocycles. The van der Waals surface area contributed by atoms with Crippen LogP contribution in [0.15, 0.2) is 24.3 Å². The second-order valence-electron chi connectivity index (χ2n) is 12.1. The van der Waals surface area contributed by atoms with Crippen LogP contribution < -0.4 is 10.2 Å². The van der Waals surface area contributed by atoms with Gasteiger partial charge in [-0.3, -0.25) is 60.7 Å². The Labute approximate surface area is 285 Å². The minimum absolute atomic E-state index is 0.384. The van der Waals surface area contributed by atoms with Crippen molar-refractivity contribution in [3.8, 4) is 11.5 Å². The summed E-state index contributed by atoms with van der Waals surface area (Å²) in [5, 5.41) is 84.2. The first-order chi connectivity index (χ1) is 23.2. The van der Waals surface area contributed by atoms with Gasteiger partial charge in [0, 0.05) is 0 Å². The Morgan fingerprint density at radius 3 is 1.08 bits per heavy atom. The van der Waals surface area contributed by atoms with E-state index in [9.17, 15) is 70.9 Å². The monoisotopic (exact) mass is 712 g/mol. The fourth-order valence-corrected chi connectivity index (χ4v) is 4.97. The average molecular weight is 713 g/mol. The number of nitro groups is 6. The number of quaternary nitrogens is 2. The fraction of sp³-hybridized carbons (Fsp3) is 0.571. The molecule has 22 nitrogen and oxygen atoms in total. The minimum Gasteiger partial charge on any atom is -0.863 e. The van der Waals surface area contributed by atoms with Gasteiger partial charge in [0.2, 0.25) is 0 Å². The van der Waals surface area contributed by atoms with Gasteiger partial charge in [0.15, 0.2) is 0 Å². The summed E-state index contributed by atoms with van der Waals surface area (Å²) in [5.74, 6) is -2.92. The van der Waals surface area contributed by atoms with Gasteiger partial charge in [0.25, 0.3) is 34.1 Å². The first-order valence-electron chi connectivity index (χ1n) is 15.5. The molecule has 2 aromatic carbocycles. The normalized spacial score (nSPS) is 14.2. The van der Waals surface area contributed by atoms with Crippen molar-refractivity contribution in [3.63, 3.8) is 0 Å². The Balaban J connectivity index is 0.000000376. The van der Waals surface area contributed by atoms with Gasteiger partial charge < -0.3 is 19.2 Å². The highest BCUT2D eigenvalue weighted by atomic mass is 16.7. The van der Waals surface area contributed by atoms with Crippen molar-refractivity contribution in [1.29, 1.82) is 0 Å². The van der Waals surface area contributed by atoms with Gasteiger partial charge in [-0.25, -0.2) is 0 Å². The van der Waals surface area contributed by atoms with Crippen molar-refractivity contribution >= 4 is 34.1 Å². The fourth-order valence-electron chi connectivity index (χ4n) is 4.97. The van der Waals surface area contributed by atoms with Crippen molar-refractivity contribution in [1.82, 2.24) is 0 Å². The lowest BCUT2D eigenvalue weighted by Gasteiger charge is -2.39. The Kier molecular flexibility index (Phi) is 15.9. The highest BCUT2D eigenvalue weighted by molar-refractivity contribution is 5.64. The largest absolute Gasteiger partial charge is 0.863 e. The second kappa shape index (κ2) is 18.8. The summed E-state index contributed by atoms with van der Waals surface area (Å²) in [4.78, 5) is 55.0. The number of likely N-dealkylation sites (N-methyl/N-ethyl adjacent to an activating group) is 2. The molecule has 0 aliphatic carbocycles. The van der Waals surface area contributed by atoms with Crippen molar-refractivity contribution in [2.45, 2.75) is 52.4 Å². The summed E-state index contributed by atoms with van der Waals surface area (Å²) in [5.41, 5.74) is -6.53. The molecule has 0 amide bonds. The van der Waals surface area contributed by atoms with E-state index in [-0.39, 0.29) is 0 Å². The van der Waals surface area contributed by atoms with E-state index >= 15 is 0 Å². The van der Waals surface area contributed by atoms with Crippen molar-refractivity contribution in [2.75, 3.05) is 53.4 Å². The van der Waals surface area contributed by atoms with E-state index in [2.05, 4.69) is 27.9 Å². The molecular weight excluding hydrogens is 672 g/mol. The van der Waals surface area contributed by atoms with Crippen LogP contribution >= 0.6 is 0 Å². The van der Waals surface area contributed by atoms with Crippen LogP contribution in [0.3, 0.4) is 0 Å². The molecule has 0 radical (unpaired) electrons. The number of nitro benzene ring substituents is 6. The maximum absolute atomic E-state index is 11.1. The third kappa shape index (κ3) is 12.4. The highest BCUT2D eigenvalue weighted by Crippen LogP contribution is 2.38. The maximum atomic E-state index is 11.1. The molecular formula is C28H40N8O14. The SMILES string of the molecule is CC[N+](C)(CC)CC[N+]1(C)CCCCCCCC1.O=[N+]([O-])c1cc([N+](=O)[O-])c([O-])c([N+](=O)[O-])c1.O=[N+]([O-])c1cc([N+](=O)[O-])c([O-])c([N+](=O)[O-])c1. The molecule has 0 aromatic heterocycles. The highest BCUT2D eigenvalue weighted by Gasteiger charge is 2.28. The number of rotatable bonds is 11. The van der Waals surface area contributed by atoms with Gasteiger partial charge in [0.05, 0.1) is 106 Å². The van der Waals surface area contributed by atoms with Gasteiger partial charge in [-0.2, -0.15) is 0 Å². The first kappa shape index (κ1) is 42.4. The molecule has 1 saturated heterocycles. The third-order valence-corrected chi connectivity index (χ3v) is 8.63. The van der Waals surface area contributed by atoms with Crippen LogP contribution in [0.4, 0.5) is 34.1 Å². The van der Waals surface area contributed by atoms with Crippen molar-refractivity contribution in [3.05, 3.63) is 85.0 Å². The second-order valence-corrected chi connectivity index (χ2v) is 12.1. The standard InChI is InChI=1S/C16H36N2.2C6H3N3O7/c1-5-17(3,6-2)15-16-18(4)13-11-9-7-8-10-12-14-18;2*10-6-4(8(13)14)1-3(7(11)12)2-5(6)9(15)16/h5-16H2,1-4H3;2*1-2,10H/q+2;;/p-2. The minimum atomic E-state index is -1.46. The van der Waals surface area contributed by atoms with Crippen LogP contribution in [0.5, 0.6) is 11.5 Å². The van der Waals surface area contributed by atoms with E-state index in [1.54, 1.807) is 0 Å². The average Bonchev–Trinajstić information content (AvgIpc) is 3.15. The smallest absolute Gasteiger partial charge is 0.283 e. The van der Waals surface area contributed by atoms with Crippen LogP contribution in [0.25, 0.3) is 0 Å². The number of benzene rings is 2. The Morgan fingerprint density at radius 2 is 0.840 bits per heavy atom. The summed E-state index contributed by atoms with van der Waals surface area (Å²) < 4.78 is 2.57. The van der Waals surface area contributed by atoms with Crippen LogP contribution in [0.1, 0.15) is 52.4 Å². The van der Waals surface area contributed by atoms with E-state index in [4.69, 9.17) is 0 Å². The van der Waals surface area contributed by atoms with Crippen LogP contribution in [-0.4, -0.2) is 91.9 Å². The van der Waals surface area contributed by atoms with Crippen LogP contribution in [0.2, 0.25) is 0 Å². The summed E-state index contributed by atoms with van der Waals surface area (Å²) in [6.45, 7) is 12.8. The summed E-state index contributed by atoms with van der Waals surface area (Å²) >= 11 is 0. The van der Waals surface area contributed by atoms with Crippen LogP contribution in [0, 0.1) is 60.7 Å². The molecule has 1 aliphatic rings. The van der Waals surface area contributed by atoms with E-state index < -0.39 is 75.2 Å². The maximum Gasteiger partial charge on any atom is 0.283 e. The molecule has 1 fully saturated rings. The molecule has 0 saturated carbocycles. The Hall–Kier alpha value is -5.64. The summed E-state index contributed by atoms with van der Waals surface area (Å²) in [7, 11) is 4.92. The van der Waals surface area contributed by atoms with E-state index in [0.717, 1.165) is 0 Å². The summed E-state index contributed by atoms with van der Waals surface area (Å²) in [6, 6.07) is 1.54. The molecule has 1 heterocycles. The van der Waals surface area contributed by atoms with E-state index in [0.29, 0.717) is 24.3 Å². The first-order valence-corrected chi connectivity index (χ1v) is 15.5. The molecule has 0 bridgehead atoms. The molecule has 3 rings (SSSR count). The molecule has 276 valence electrons. The molecule has 0 N–H and O–H groups in total. The van der Waals surface area contributed by atoms with E-state index in [1.807, 2.05) is 0 Å². The lowest BCUT2D eigenvalue weighted by Crippen LogP contribution is -2.54. The number of hydrogen-bond donors (Lipinski definition) is 0. The molecule has 22 heteroatoms. The number of non-ortho nitro benzene ring substituents is 2. The zero-order valence-corrected chi connectivity index (χ0v) is 28.1. The zero-order valence-electron chi connectivity index (χ0n) is 28.1. The Bertz CT molecular complexity index is 1410. The quantitative estimate of drug-likeness (QED) is 0.179. The Morgan fingerprint density at radius 1 is 0.560 bits per heavy atom. The van der Waals surface area contributed by atoms with Gasteiger partial charge in [-0.1, -0.05) is 12.8 Å².